The number of pyridine rings is 8. The number of benzene rings is 5. The maximum atomic E-state index is 13.4. The lowest BCUT2D eigenvalue weighted by Gasteiger charge is -2.32. The number of rotatable bonds is 18. The zero-order valence-corrected chi connectivity index (χ0v) is 88.0. The van der Waals surface area contributed by atoms with Gasteiger partial charge in [-0.3, -0.25) is 39.3 Å². The minimum Gasteiger partial charge on any atom is -0.399 e. The number of aryl methyl sites for hydroxylation is 4. The summed E-state index contributed by atoms with van der Waals surface area (Å²) in [5.74, 6) is 0.744. The van der Waals surface area contributed by atoms with Crippen LogP contribution in [0, 0.1) is 13.8 Å². The fourth-order valence-electron chi connectivity index (χ4n) is 15.6. The number of nitrogens with zero attached hydrogens (tertiary/aromatic N) is 13. The Balaban J connectivity index is 0.000000196. The molecule has 148 heavy (non-hydrogen) atoms. The van der Waals surface area contributed by atoms with E-state index in [0.717, 1.165) is 87.0 Å². The fraction of sp³-hybridized carbons (Fsp3) is 0.224. The van der Waals surface area contributed by atoms with Crippen molar-refractivity contribution in [2.45, 2.75) is 175 Å². The van der Waals surface area contributed by atoms with Crippen molar-refractivity contribution in [2.24, 2.45) is 0 Å². The number of nitrogens with one attached hydrogen (secondary N) is 3. The second kappa shape index (κ2) is 50.5. The SMILES string of the molecule is C.C.C.C.C.C1CCOC1.CC(=O)Nc1cc(-c2cncc3c2cc(C)n3S(=O)(=O)c2ccccc2)ccn1.CC(=O)Nc1cc(B2OC(C)(C)C(C)(C)O2)ccn1.CCc1cc2c(-c3ccnc(NC(C)=O)c3)cncc2n1S(=O)(=O)c1ccccc1.CCc1cc2c(Br)cncc2n1S(=O)(=O)c1ccccc1.Cc1cc2c(Br)cncc2n1S(=O)(=O)c1ccccc1.O=S(=O)(c1ccccc1)n1ccc2c(Br)cncc21. The number of amides is 3. The standard InChI is InChI=1S/C22H20N4O3S.C21H18N4O3S.C15H13BrN2O2S.C14H11BrN2O2S.C13H19BN2O3.C13H9BrN2O2S.C4H8O.5CH4/c1-3-17-12-19-20(16-9-10-24-22(11-16)25-15(2)27)13-23-14-21(19)26(17)30(28,29)18-7-5-4-6-8-18;1-14-10-18-19(16-8-9-23-21(11-16)24-15(2)26)12-22-13-20(18)25(14)29(27,28)17-6-4-3-5-7-17;1-2-11-8-13-14(16)9-17-10-15(13)18(11)21(19,20)12-6-4-3-5-7-12;1-10-7-12-13(15)8-16-9-14(12)17(10)20(18,19)11-5-3-2-4-6-11;1-9(17)16-11-8-10(6-7-15-11)14-18-12(2,3)13(4,5)19-14;14-12-8-15-9-13-11(12)6-7-16(13)19(17,18)10-4-2-1-3-5-10;1-2-4-5-3-1;;;;;/h4-14H,3H2,1-2H3,(H,24,25,27);3-13H,1-2H3,(H,23,24,26);3-10H,2H2,1H3;2-9H,1H3;6-8H,1-5H3,(H,15,16,17);1-9H;1-4H2;5*1H4. The Morgan fingerprint density at radius 2 is 0.655 bits per heavy atom. The topological polar surface area (TPSA) is 413 Å². The van der Waals surface area contributed by atoms with E-state index in [2.05, 4.69) is 104 Å². The lowest BCUT2D eigenvalue weighted by Crippen LogP contribution is -2.41. The number of carbonyl (C=O) groups excluding carboxylic acids is 3. The monoisotopic (exact) mass is 2290 g/mol. The van der Waals surface area contributed by atoms with Crippen LogP contribution in [0.1, 0.15) is 135 Å². The minimum absolute atomic E-state index is 0. The molecule has 2 fully saturated rings. The number of halogens is 3. The smallest absolute Gasteiger partial charge is 0.399 e. The molecular formula is C107H118BBr3N16O16S5. The van der Waals surface area contributed by atoms with Gasteiger partial charge in [0, 0.05) is 164 Å². The molecule has 3 N–H and O–H groups in total. The molecular weight excluding hydrogens is 2180 g/mol. The number of hydrogen-bond donors (Lipinski definition) is 3. The molecule has 5 aromatic carbocycles. The molecule has 2 aliphatic heterocycles. The highest BCUT2D eigenvalue weighted by Gasteiger charge is 2.52. The third-order valence-electron chi connectivity index (χ3n) is 23.0. The fourth-order valence-corrected chi connectivity index (χ4v) is 24.6. The number of anilines is 3. The quantitative estimate of drug-likeness (QED) is 0.0672. The molecule has 18 aromatic rings. The first-order chi connectivity index (χ1) is 68.2. The van der Waals surface area contributed by atoms with E-state index in [1.165, 1.54) is 53.5 Å². The molecule has 20 rings (SSSR count). The third-order valence-corrected chi connectivity index (χ3v) is 33.8. The maximum absolute atomic E-state index is 13.4. The summed E-state index contributed by atoms with van der Waals surface area (Å²) in [5, 5.41) is 12.0. The second-order valence-electron chi connectivity index (χ2n) is 33.5. The Morgan fingerprint density at radius 3 is 1.02 bits per heavy atom. The lowest BCUT2D eigenvalue weighted by atomic mass is 9.80. The van der Waals surface area contributed by atoms with E-state index in [4.69, 9.17) is 14.0 Å². The Morgan fingerprint density at radius 1 is 0.358 bits per heavy atom. The summed E-state index contributed by atoms with van der Waals surface area (Å²) in [6.07, 6.45) is 26.2. The van der Waals surface area contributed by atoms with Gasteiger partial charge in [-0.2, -0.15) is 0 Å². The molecule has 0 unspecified atom stereocenters. The summed E-state index contributed by atoms with van der Waals surface area (Å²) in [5.41, 5.74) is 8.49. The predicted octanol–water partition coefficient (Wildman–Crippen LogP) is 22.8. The van der Waals surface area contributed by atoms with Crippen molar-refractivity contribution in [2.75, 3.05) is 29.2 Å². The molecule has 3 amide bonds. The molecule has 2 saturated heterocycles. The maximum Gasteiger partial charge on any atom is 0.495 e. The highest BCUT2D eigenvalue weighted by atomic mass is 79.9. The van der Waals surface area contributed by atoms with Crippen LogP contribution in [0.15, 0.2) is 343 Å². The van der Waals surface area contributed by atoms with Crippen LogP contribution in [0.3, 0.4) is 0 Å². The average molecular weight is 2300 g/mol. The molecule has 0 saturated carbocycles. The van der Waals surface area contributed by atoms with Crippen molar-refractivity contribution in [3.8, 4) is 22.3 Å². The highest BCUT2D eigenvalue weighted by molar-refractivity contribution is 9.11. The van der Waals surface area contributed by atoms with E-state index < -0.39 is 57.2 Å². The van der Waals surface area contributed by atoms with E-state index in [0.29, 0.717) is 75.0 Å². The molecule has 0 atom stereocenters. The van der Waals surface area contributed by atoms with Crippen LogP contribution in [0.4, 0.5) is 17.5 Å². The summed E-state index contributed by atoms with van der Waals surface area (Å²) in [6.45, 7) is 21.7. The van der Waals surface area contributed by atoms with Crippen LogP contribution in [0.25, 0.3) is 76.8 Å². The first-order valence-electron chi connectivity index (χ1n) is 44.7. The minimum atomic E-state index is -3.78. The Kier molecular flexibility index (Phi) is 40.3. The van der Waals surface area contributed by atoms with Gasteiger partial charge < -0.3 is 30.0 Å². The van der Waals surface area contributed by atoms with E-state index >= 15 is 0 Å². The van der Waals surface area contributed by atoms with E-state index in [1.807, 2.05) is 71.9 Å². The van der Waals surface area contributed by atoms with Crippen molar-refractivity contribution in [1.82, 2.24) is 59.7 Å². The Labute approximate surface area is 890 Å². The van der Waals surface area contributed by atoms with E-state index in [1.54, 1.807) is 289 Å². The third kappa shape index (κ3) is 26.3. The van der Waals surface area contributed by atoms with Gasteiger partial charge in [-0.15, -0.1) is 0 Å². The molecule has 32 nitrogen and oxygen atoms in total. The Bertz CT molecular complexity index is 8340. The van der Waals surface area contributed by atoms with Crippen molar-refractivity contribution >= 4 is 200 Å². The van der Waals surface area contributed by atoms with Crippen molar-refractivity contribution < 1.29 is 70.5 Å². The zero-order chi connectivity index (χ0) is 103. The first-order valence-corrected chi connectivity index (χ1v) is 54.2. The molecule has 0 bridgehead atoms. The zero-order valence-electron chi connectivity index (χ0n) is 79.2. The second-order valence-corrected chi connectivity index (χ2v) is 45.0. The molecule has 0 aliphatic carbocycles. The molecule has 13 aromatic heterocycles. The van der Waals surface area contributed by atoms with Crippen molar-refractivity contribution in [3.05, 3.63) is 341 Å². The first kappa shape index (κ1) is 118. The van der Waals surface area contributed by atoms with Gasteiger partial charge in [0.15, 0.2) is 0 Å². The number of hydrogen-bond acceptors (Lipinski definition) is 24. The molecule has 41 heteroatoms. The van der Waals surface area contributed by atoms with Gasteiger partial charge >= 0.3 is 7.12 Å². The summed E-state index contributed by atoms with van der Waals surface area (Å²) in [7, 11) is -18.8. The number of ether oxygens (including phenoxy) is 1. The lowest BCUT2D eigenvalue weighted by molar-refractivity contribution is -0.115. The highest BCUT2D eigenvalue weighted by Crippen LogP contribution is 2.40. The molecule has 776 valence electrons. The van der Waals surface area contributed by atoms with Gasteiger partial charge in [-0.05, 0) is 259 Å². The van der Waals surface area contributed by atoms with E-state index in [9.17, 15) is 56.5 Å². The number of fused-ring (bicyclic) bond motifs is 5. The Hall–Kier alpha value is -13.5. The summed E-state index contributed by atoms with van der Waals surface area (Å²) >= 11 is 10.2. The van der Waals surface area contributed by atoms with Gasteiger partial charge in [-0.1, -0.05) is 142 Å². The average Bonchev–Trinajstić information content (AvgIpc) is 1.59. The predicted molar refractivity (Wildman–Crippen MR) is 598 cm³/mol. The van der Waals surface area contributed by atoms with E-state index in [-0.39, 0.29) is 90.5 Å². The largest absolute Gasteiger partial charge is 0.495 e. The summed E-state index contributed by atoms with van der Waals surface area (Å²) < 4.78 is 155. The summed E-state index contributed by atoms with van der Waals surface area (Å²) in [4.78, 5) is 68.1. The normalized spacial score (nSPS) is 12.8. The molecule has 15 heterocycles. The molecule has 2 aliphatic rings. The van der Waals surface area contributed by atoms with Crippen LogP contribution in [-0.4, -0.2) is 151 Å². The van der Waals surface area contributed by atoms with Crippen LogP contribution in [-0.2, 0) is 91.4 Å². The van der Waals surface area contributed by atoms with Crippen molar-refractivity contribution in [3.63, 3.8) is 0 Å². The van der Waals surface area contributed by atoms with Crippen LogP contribution in [0.5, 0.6) is 0 Å². The van der Waals surface area contributed by atoms with Gasteiger partial charge in [0.1, 0.15) is 17.5 Å². The molecule has 0 radical (unpaired) electrons. The van der Waals surface area contributed by atoms with Crippen LogP contribution < -0.4 is 21.4 Å². The van der Waals surface area contributed by atoms with Crippen LogP contribution >= 0.6 is 47.8 Å². The van der Waals surface area contributed by atoms with Gasteiger partial charge in [0.05, 0.1) is 94.2 Å². The number of aromatic nitrogens is 13. The van der Waals surface area contributed by atoms with Crippen molar-refractivity contribution in [1.29, 1.82) is 0 Å². The van der Waals surface area contributed by atoms with Gasteiger partial charge in [-0.25, -0.2) is 76.9 Å². The van der Waals surface area contributed by atoms with Gasteiger partial charge in [0.25, 0.3) is 50.1 Å². The molecule has 0 spiro atoms. The number of carbonyl (C=O) groups is 3. The van der Waals surface area contributed by atoms with Crippen LogP contribution in [0.2, 0.25) is 0 Å². The summed E-state index contributed by atoms with van der Waals surface area (Å²) in [6, 6.07) is 61.7. The van der Waals surface area contributed by atoms with Gasteiger partial charge in [0.2, 0.25) is 17.7 Å².